The Kier molecular flexibility index (Phi) is 8.00. The van der Waals surface area contributed by atoms with Crippen LogP contribution in [0, 0.1) is 0 Å². The molecule has 2 aromatic carbocycles. The molecule has 3 rings (SSSR count). The molecule has 31 heavy (non-hydrogen) atoms. The molecular weight excluding hydrogens is 422 g/mol. The second-order valence-electron chi connectivity index (χ2n) is 6.87. The first-order valence-corrected chi connectivity index (χ1v) is 10.8. The van der Waals surface area contributed by atoms with E-state index in [9.17, 15) is 13.6 Å². The van der Waals surface area contributed by atoms with Gasteiger partial charge in [-0.1, -0.05) is 54.2 Å². The minimum Gasteiger partial charge on any atom is -0.435 e. The monoisotopic (exact) mass is 446 g/mol. The number of hydrogen-bond donors (Lipinski definition) is 0. The van der Waals surface area contributed by atoms with Crippen LogP contribution in [-0.4, -0.2) is 45.0 Å². The normalized spacial score (nSPS) is 11.0. The molecule has 0 aliphatic rings. The van der Waals surface area contributed by atoms with E-state index in [1.807, 2.05) is 41.8 Å². The average Bonchev–Trinajstić information content (AvgIpc) is 3.15. The Morgan fingerprint density at radius 3 is 2.45 bits per heavy atom. The summed E-state index contributed by atoms with van der Waals surface area (Å²) in [5.41, 5.74) is 1.98. The lowest BCUT2D eigenvalue weighted by molar-refractivity contribution is -0.127. The molecule has 0 bridgehead atoms. The number of amides is 1. The molecule has 3 aromatic rings. The SMILES string of the molecule is CCn1c(Cc2ccccc2)nnc1SCC(=O)N(C)Cc1ccc(OC(F)F)cc1. The maximum absolute atomic E-state index is 12.6. The van der Waals surface area contributed by atoms with Crippen LogP contribution < -0.4 is 4.74 Å². The van der Waals surface area contributed by atoms with Gasteiger partial charge in [0.2, 0.25) is 5.91 Å². The highest BCUT2D eigenvalue weighted by Crippen LogP contribution is 2.20. The minimum atomic E-state index is -2.86. The molecule has 0 aliphatic carbocycles. The summed E-state index contributed by atoms with van der Waals surface area (Å²) in [6, 6.07) is 16.3. The van der Waals surface area contributed by atoms with Crippen molar-refractivity contribution in [2.45, 2.75) is 38.2 Å². The summed E-state index contributed by atoms with van der Waals surface area (Å²) in [5.74, 6) is 1.12. The predicted octanol–water partition coefficient (Wildman–Crippen LogP) is 4.24. The third-order valence-electron chi connectivity index (χ3n) is 4.63. The summed E-state index contributed by atoms with van der Waals surface area (Å²) in [5, 5.41) is 9.28. The Morgan fingerprint density at radius 2 is 1.81 bits per heavy atom. The number of carbonyl (C=O) groups excluding carboxylic acids is 1. The maximum atomic E-state index is 12.6. The van der Waals surface area contributed by atoms with Crippen molar-refractivity contribution in [1.82, 2.24) is 19.7 Å². The summed E-state index contributed by atoms with van der Waals surface area (Å²) in [6.45, 7) is 0.255. The number of hydrogen-bond acceptors (Lipinski definition) is 5. The highest BCUT2D eigenvalue weighted by atomic mass is 32.2. The van der Waals surface area contributed by atoms with Gasteiger partial charge in [-0.2, -0.15) is 8.78 Å². The molecule has 0 saturated heterocycles. The second kappa shape index (κ2) is 10.9. The summed E-state index contributed by atoms with van der Waals surface area (Å²) >= 11 is 1.35. The number of thioether (sulfide) groups is 1. The summed E-state index contributed by atoms with van der Waals surface area (Å²) in [7, 11) is 1.71. The smallest absolute Gasteiger partial charge is 0.387 e. The van der Waals surface area contributed by atoms with Gasteiger partial charge in [0.1, 0.15) is 11.6 Å². The highest BCUT2D eigenvalue weighted by molar-refractivity contribution is 7.99. The molecule has 164 valence electrons. The quantitative estimate of drug-likeness (QED) is 0.436. The van der Waals surface area contributed by atoms with Crippen molar-refractivity contribution in [2.75, 3.05) is 12.8 Å². The Balaban J connectivity index is 1.55. The van der Waals surface area contributed by atoms with Crippen LogP contribution in [0.15, 0.2) is 59.8 Å². The van der Waals surface area contributed by atoms with E-state index in [1.165, 1.54) is 23.9 Å². The van der Waals surface area contributed by atoms with Crippen LogP contribution >= 0.6 is 11.8 Å². The van der Waals surface area contributed by atoms with Gasteiger partial charge >= 0.3 is 6.61 Å². The van der Waals surface area contributed by atoms with Crippen molar-refractivity contribution in [3.63, 3.8) is 0 Å². The Labute approximate surface area is 184 Å². The van der Waals surface area contributed by atoms with E-state index in [-0.39, 0.29) is 17.4 Å². The van der Waals surface area contributed by atoms with Gasteiger partial charge in [-0.05, 0) is 30.2 Å². The number of ether oxygens (including phenoxy) is 1. The molecule has 0 radical (unpaired) electrons. The molecule has 6 nitrogen and oxygen atoms in total. The molecule has 1 aromatic heterocycles. The van der Waals surface area contributed by atoms with Crippen molar-refractivity contribution >= 4 is 17.7 Å². The number of benzene rings is 2. The van der Waals surface area contributed by atoms with Gasteiger partial charge in [-0.25, -0.2) is 0 Å². The highest BCUT2D eigenvalue weighted by Gasteiger charge is 2.16. The average molecular weight is 447 g/mol. The van der Waals surface area contributed by atoms with Crippen LogP contribution in [0.1, 0.15) is 23.9 Å². The Morgan fingerprint density at radius 1 is 1.10 bits per heavy atom. The molecule has 0 aliphatic heterocycles. The van der Waals surface area contributed by atoms with Crippen molar-refractivity contribution in [1.29, 1.82) is 0 Å². The van der Waals surface area contributed by atoms with E-state index in [4.69, 9.17) is 0 Å². The van der Waals surface area contributed by atoms with Crippen LogP contribution in [0.2, 0.25) is 0 Å². The molecule has 1 amide bonds. The lowest BCUT2D eigenvalue weighted by Crippen LogP contribution is -2.27. The number of nitrogens with zero attached hydrogens (tertiary/aromatic N) is 4. The van der Waals surface area contributed by atoms with Gasteiger partial charge in [0, 0.05) is 26.6 Å². The Bertz CT molecular complexity index is 981. The van der Waals surface area contributed by atoms with Gasteiger partial charge < -0.3 is 14.2 Å². The fourth-order valence-electron chi connectivity index (χ4n) is 3.03. The van der Waals surface area contributed by atoms with Crippen LogP contribution in [0.3, 0.4) is 0 Å². The van der Waals surface area contributed by atoms with Gasteiger partial charge in [0.25, 0.3) is 0 Å². The molecular formula is C22H24F2N4O2S. The van der Waals surface area contributed by atoms with Gasteiger partial charge in [0.05, 0.1) is 5.75 Å². The van der Waals surface area contributed by atoms with E-state index in [1.54, 1.807) is 24.1 Å². The first kappa shape index (κ1) is 22.7. The summed E-state index contributed by atoms with van der Waals surface area (Å²) in [6.07, 6.45) is 0.682. The third kappa shape index (κ3) is 6.52. The zero-order valence-corrected chi connectivity index (χ0v) is 18.2. The van der Waals surface area contributed by atoms with Crippen LogP contribution in [0.25, 0.3) is 0 Å². The lowest BCUT2D eigenvalue weighted by Gasteiger charge is -2.17. The standard InChI is InChI=1S/C22H24F2N4O2S/c1-3-28-19(13-16-7-5-4-6-8-16)25-26-22(28)31-15-20(29)27(2)14-17-9-11-18(12-10-17)30-21(23)24/h4-12,21H,3,13-15H2,1-2H3. The molecule has 0 fully saturated rings. The largest absolute Gasteiger partial charge is 0.435 e. The molecule has 1 heterocycles. The van der Waals surface area contributed by atoms with Gasteiger partial charge in [0.15, 0.2) is 5.16 Å². The molecule has 0 saturated carbocycles. The van der Waals surface area contributed by atoms with E-state index in [0.29, 0.717) is 24.7 Å². The molecule has 9 heteroatoms. The second-order valence-corrected chi connectivity index (χ2v) is 7.81. The molecule has 0 atom stereocenters. The minimum absolute atomic E-state index is 0.0619. The van der Waals surface area contributed by atoms with E-state index >= 15 is 0 Å². The molecule has 0 spiro atoms. The number of alkyl halides is 2. The summed E-state index contributed by atoms with van der Waals surface area (Å²) < 4.78 is 30.8. The van der Waals surface area contributed by atoms with Crippen molar-refractivity contribution in [3.8, 4) is 5.75 Å². The topological polar surface area (TPSA) is 60.2 Å². The van der Waals surface area contributed by atoms with Crippen molar-refractivity contribution < 1.29 is 18.3 Å². The first-order chi connectivity index (χ1) is 15.0. The van der Waals surface area contributed by atoms with E-state index in [2.05, 4.69) is 14.9 Å². The van der Waals surface area contributed by atoms with Gasteiger partial charge in [-0.3, -0.25) is 4.79 Å². The van der Waals surface area contributed by atoms with Crippen molar-refractivity contribution in [2.24, 2.45) is 0 Å². The van der Waals surface area contributed by atoms with Crippen LogP contribution in [0.4, 0.5) is 8.78 Å². The predicted molar refractivity (Wildman–Crippen MR) is 115 cm³/mol. The van der Waals surface area contributed by atoms with Crippen LogP contribution in [-0.2, 0) is 24.3 Å². The van der Waals surface area contributed by atoms with Crippen molar-refractivity contribution in [3.05, 3.63) is 71.5 Å². The number of carbonyl (C=O) groups is 1. The zero-order valence-electron chi connectivity index (χ0n) is 17.4. The fourth-order valence-corrected chi connectivity index (χ4v) is 3.99. The van der Waals surface area contributed by atoms with Gasteiger partial charge in [-0.15, -0.1) is 10.2 Å². The van der Waals surface area contributed by atoms with E-state index in [0.717, 1.165) is 17.0 Å². The Hall–Kier alpha value is -2.94. The molecule has 0 unspecified atom stereocenters. The van der Waals surface area contributed by atoms with Crippen LogP contribution in [0.5, 0.6) is 5.75 Å². The fraction of sp³-hybridized carbons (Fsp3) is 0.318. The maximum Gasteiger partial charge on any atom is 0.387 e. The third-order valence-corrected chi connectivity index (χ3v) is 5.59. The molecule has 0 N–H and O–H groups in total. The number of rotatable bonds is 10. The number of halogens is 2. The zero-order chi connectivity index (χ0) is 22.2. The first-order valence-electron chi connectivity index (χ1n) is 9.82. The van der Waals surface area contributed by atoms with E-state index < -0.39 is 6.61 Å². The summed E-state index contributed by atoms with van der Waals surface area (Å²) in [4.78, 5) is 14.1. The number of aromatic nitrogens is 3. The lowest BCUT2D eigenvalue weighted by atomic mass is 10.1.